The third-order valence-electron chi connectivity index (χ3n) is 3.86. The van der Waals surface area contributed by atoms with E-state index in [4.69, 9.17) is 17.3 Å². The molecule has 1 saturated carbocycles. The number of hydrogen-bond acceptors (Lipinski definition) is 3. The summed E-state index contributed by atoms with van der Waals surface area (Å²) in [5, 5.41) is 0.575. The van der Waals surface area contributed by atoms with Crippen molar-refractivity contribution in [1.82, 2.24) is 14.5 Å². The molecule has 2 heterocycles. The van der Waals surface area contributed by atoms with E-state index in [1.165, 1.54) is 0 Å². The van der Waals surface area contributed by atoms with Gasteiger partial charge in [0, 0.05) is 25.6 Å². The summed E-state index contributed by atoms with van der Waals surface area (Å²) in [6, 6.07) is 0.168. The molecule has 0 aromatic carbocycles. The topological polar surface area (TPSA) is 64.2 Å². The molecular weight excluding hydrogens is 252 g/mol. The molecule has 1 aliphatic heterocycles. The second kappa shape index (κ2) is 4.24. The largest absolute Gasteiger partial charge is 0.328 e. The molecule has 0 bridgehead atoms. The molecule has 1 saturated heterocycles. The first-order valence-electron chi connectivity index (χ1n) is 6.33. The van der Waals surface area contributed by atoms with Crippen LogP contribution in [0.2, 0.25) is 5.15 Å². The first-order valence-corrected chi connectivity index (χ1v) is 6.71. The minimum absolute atomic E-state index is 0.0551. The predicted molar refractivity (Wildman–Crippen MR) is 68.0 cm³/mol. The summed E-state index contributed by atoms with van der Waals surface area (Å²) in [5.41, 5.74) is 6.22. The Balaban J connectivity index is 1.99. The van der Waals surface area contributed by atoms with E-state index in [0.717, 1.165) is 25.1 Å². The van der Waals surface area contributed by atoms with Crippen LogP contribution in [-0.4, -0.2) is 32.4 Å². The third kappa shape index (κ3) is 1.82. The number of piperidine rings is 1. The van der Waals surface area contributed by atoms with Gasteiger partial charge in [-0.2, -0.15) is 0 Å². The molecule has 1 aromatic rings. The minimum atomic E-state index is -0.128. The summed E-state index contributed by atoms with van der Waals surface area (Å²) in [4.78, 5) is 18.4. The molecule has 0 spiro atoms. The quantitative estimate of drug-likeness (QED) is 0.877. The normalized spacial score (nSPS) is 28.8. The smallest absolute Gasteiger partial charge is 0.223 e. The van der Waals surface area contributed by atoms with E-state index < -0.39 is 0 Å². The first-order chi connectivity index (χ1) is 8.59. The highest BCUT2D eigenvalue weighted by atomic mass is 35.5. The van der Waals surface area contributed by atoms with Crippen LogP contribution < -0.4 is 5.73 Å². The van der Waals surface area contributed by atoms with E-state index in [-0.39, 0.29) is 18.0 Å². The Hall–Kier alpha value is -1.07. The molecule has 3 rings (SSSR count). The Labute approximate surface area is 111 Å². The van der Waals surface area contributed by atoms with Crippen molar-refractivity contribution in [3.8, 4) is 0 Å². The lowest BCUT2D eigenvalue weighted by molar-refractivity contribution is -0.138. The highest BCUT2D eigenvalue weighted by molar-refractivity contribution is 6.29. The van der Waals surface area contributed by atoms with Crippen molar-refractivity contribution in [3.63, 3.8) is 0 Å². The molecule has 6 heteroatoms. The number of hydrogen-bond donors (Lipinski definition) is 1. The van der Waals surface area contributed by atoms with Crippen molar-refractivity contribution in [2.75, 3.05) is 0 Å². The van der Waals surface area contributed by atoms with Gasteiger partial charge in [-0.3, -0.25) is 4.79 Å². The number of nitrogens with two attached hydrogens (primary N) is 1. The van der Waals surface area contributed by atoms with Crippen LogP contribution in [0.3, 0.4) is 0 Å². The summed E-state index contributed by atoms with van der Waals surface area (Å²) in [6.45, 7) is 0. The molecular formula is C12H17ClN4O. The molecule has 1 aliphatic carbocycles. The summed E-state index contributed by atoms with van der Waals surface area (Å²) in [6.07, 6.45) is 5.04. The number of carbonyl (C=O) groups is 1. The van der Waals surface area contributed by atoms with E-state index in [0.29, 0.717) is 17.6 Å². The SMILES string of the molecule is Cn1c(Cl)cnc1C1C(N)CCC(=O)N1C1CC1. The third-order valence-corrected chi connectivity index (χ3v) is 4.21. The molecule has 5 nitrogen and oxygen atoms in total. The number of aromatic nitrogens is 2. The van der Waals surface area contributed by atoms with Crippen molar-refractivity contribution >= 4 is 17.5 Å². The van der Waals surface area contributed by atoms with Gasteiger partial charge in [-0.15, -0.1) is 0 Å². The second-order valence-corrected chi connectivity index (χ2v) is 5.56. The zero-order valence-electron chi connectivity index (χ0n) is 10.3. The molecule has 0 radical (unpaired) electrons. The fraction of sp³-hybridized carbons (Fsp3) is 0.667. The minimum Gasteiger partial charge on any atom is -0.328 e. The van der Waals surface area contributed by atoms with E-state index in [1.54, 1.807) is 6.20 Å². The van der Waals surface area contributed by atoms with Gasteiger partial charge in [0.1, 0.15) is 17.0 Å². The van der Waals surface area contributed by atoms with Crippen LogP contribution in [-0.2, 0) is 11.8 Å². The number of amides is 1. The van der Waals surface area contributed by atoms with Gasteiger partial charge in [-0.1, -0.05) is 11.6 Å². The van der Waals surface area contributed by atoms with Crippen LogP contribution in [0.1, 0.15) is 37.5 Å². The molecule has 2 aliphatic rings. The van der Waals surface area contributed by atoms with Crippen LogP contribution in [0, 0.1) is 0 Å². The fourth-order valence-electron chi connectivity index (χ4n) is 2.71. The molecule has 1 amide bonds. The average molecular weight is 269 g/mol. The molecule has 2 unspecified atom stereocenters. The zero-order chi connectivity index (χ0) is 12.9. The van der Waals surface area contributed by atoms with Gasteiger partial charge in [-0.25, -0.2) is 4.98 Å². The Kier molecular flexibility index (Phi) is 2.83. The number of rotatable bonds is 2. The van der Waals surface area contributed by atoms with Crippen molar-refractivity contribution in [1.29, 1.82) is 0 Å². The Morgan fingerprint density at radius 3 is 2.72 bits per heavy atom. The number of imidazole rings is 1. The van der Waals surface area contributed by atoms with Crippen molar-refractivity contribution in [2.24, 2.45) is 12.8 Å². The number of nitrogens with zero attached hydrogens (tertiary/aromatic N) is 3. The van der Waals surface area contributed by atoms with Crippen LogP contribution in [0.15, 0.2) is 6.20 Å². The summed E-state index contributed by atoms with van der Waals surface area (Å²) in [7, 11) is 1.86. The Bertz CT molecular complexity index is 482. The zero-order valence-corrected chi connectivity index (χ0v) is 11.1. The maximum Gasteiger partial charge on any atom is 0.223 e. The van der Waals surface area contributed by atoms with Gasteiger partial charge in [-0.05, 0) is 19.3 Å². The predicted octanol–water partition coefficient (Wildman–Crippen LogP) is 1.23. The van der Waals surface area contributed by atoms with Crippen LogP contribution in [0.25, 0.3) is 0 Å². The lowest BCUT2D eigenvalue weighted by Gasteiger charge is -2.39. The first kappa shape index (κ1) is 12.0. The maximum absolute atomic E-state index is 12.1. The molecule has 18 heavy (non-hydrogen) atoms. The van der Waals surface area contributed by atoms with Gasteiger partial charge in [0.25, 0.3) is 0 Å². The van der Waals surface area contributed by atoms with E-state index >= 15 is 0 Å². The Morgan fingerprint density at radius 2 is 2.17 bits per heavy atom. The second-order valence-electron chi connectivity index (χ2n) is 5.18. The standard InChI is InChI=1S/C12H17ClN4O/c1-16-9(13)6-15-12(16)11-8(14)4-5-10(18)17(11)7-2-3-7/h6-8,11H,2-5,14H2,1H3. The van der Waals surface area contributed by atoms with Crippen LogP contribution >= 0.6 is 11.6 Å². The van der Waals surface area contributed by atoms with Crippen molar-refractivity contribution in [3.05, 3.63) is 17.2 Å². The number of likely N-dealkylation sites (tertiary alicyclic amines) is 1. The summed E-state index contributed by atoms with van der Waals surface area (Å²) >= 11 is 6.03. The fourth-order valence-corrected chi connectivity index (χ4v) is 2.85. The maximum atomic E-state index is 12.1. The van der Waals surface area contributed by atoms with Gasteiger partial charge >= 0.3 is 0 Å². The number of carbonyl (C=O) groups excluding carboxylic acids is 1. The number of halogens is 1. The van der Waals surface area contributed by atoms with Crippen molar-refractivity contribution < 1.29 is 4.79 Å². The molecule has 2 atom stereocenters. The van der Waals surface area contributed by atoms with Gasteiger partial charge < -0.3 is 15.2 Å². The molecule has 98 valence electrons. The molecule has 2 N–H and O–H groups in total. The van der Waals surface area contributed by atoms with Crippen LogP contribution in [0.5, 0.6) is 0 Å². The van der Waals surface area contributed by atoms with E-state index in [2.05, 4.69) is 4.98 Å². The lowest BCUT2D eigenvalue weighted by Crippen LogP contribution is -2.50. The monoisotopic (exact) mass is 268 g/mol. The van der Waals surface area contributed by atoms with Crippen molar-refractivity contribution in [2.45, 2.75) is 43.8 Å². The van der Waals surface area contributed by atoms with Crippen LogP contribution in [0.4, 0.5) is 0 Å². The van der Waals surface area contributed by atoms with E-state index in [9.17, 15) is 4.79 Å². The Morgan fingerprint density at radius 1 is 1.44 bits per heavy atom. The summed E-state index contributed by atoms with van der Waals surface area (Å²) in [5.74, 6) is 0.996. The average Bonchev–Trinajstić information content (AvgIpc) is 3.12. The van der Waals surface area contributed by atoms with Gasteiger partial charge in [0.15, 0.2) is 0 Å². The molecule has 1 aromatic heterocycles. The molecule has 2 fully saturated rings. The van der Waals surface area contributed by atoms with Gasteiger partial charge in [0.2, 0.25) is 5.91 Å². The van der Waals surface area contributed by atoms with Gasteiger partial charge in [0.05, 0.1) is 6.20 Å². The van der Waals surface area contributed by atoms with E-state index in [1.807, 2.05) is 16.5 Å². The lowest BCUT2D eigenvalue weighted by atomic mass is 9.95. The summed E-state index contributed by atoms with van der Waals surface area (Å²) < 4.78 is 1.82. The highest BCUT2D eigenvalue weighted by Gasteiger charge is 2.44. The highest BCUT2D eigenvalue weighted by Crippen LogP contribution is 2.39.